The van der Waals surface area contributed by atoms with Gasteiger partial charge in [0.05, 0.1) is 19.3 Å². The standard InChI is InChI=1S/C20H30N4O2/c1-2-21-20(22-10-6-11-25-15-18-8-5-12-26-18)23-14-17-13-16-7-3-4-9-19(16)24-17/h3-4,7,9,13,18,24H,2,5-6,8,10-12,14-15H2,1H3,(H2,21,22,23). The Balaban J connectivity index is 1.38. The molecule has 0 spiro atoms. The molecule has 1 atom stereocenters. The van der Waals surface area contributed by atoms with E-state index in [1.54, 1.807) is 0 Å². The van der Waals surface area contributed by atoms with Crippen molar-refractivity contribution in [1.29, 1.82) is 0 Å². The molecule has 1 fully saturated rings. The van der Waals surface area contributed by atoms with E-state index in [1.165, 1.54) is 5.39 Å². The van der Waals surface area contributed by atoms with Gasteiger partial charge in [0, 0.05) is 37.5 Å². The van der Waals surface area contributed by atoms with Gasteiger partial charge < -0.3 is 25.1 Å². The number of hydrogen-bond donors (Lipinski definition) is 3. The molecule has 0 radical (unpaired) electrons. The highest BCUT2D eigenvalue weighted by atomic mass is 16.5. The van der Waals surface area contributed by atoms with Crippen LogP contribution in [0.4, 0.5) is 0 Å². The van der Waals surface area contributed by atoms with E-state index in [-0.39, 0.29) is 0 Å². The molecule has 0 amide bonds. The first-order valence-corrected chi connectivity index (χ1v) is 9.63. The maximum absolute atomic E-state index is 5.69. The molecule has 3 rings (SSSR count). The van der Waals surface area contributed by atoms with Gasteiger partial charge in [0.1, 0.15) is 0 Å². The number of nitrogens with zero attached hydrogens (tertiary/aromatic N) is 1. The number of H-pyrrole nitrogens is 1. The molecule has 1 aliphatic rings. The van der Waals surface area contributed by atoms with E-state index in [1.807, 2.05) is 6.07 Å². The van der Waals surface area contributed by atoms with Crippen LogP contribution in [0.25, 0.3) is 10.9 Å². The second-order valence-electron chi connectivity index (χ2n) is 6.57. The highest BCUT2D eigenvalue weighted by Gasteiger charge is 2.14. The SMILES string of the molecule is CCNC(=NCc1cc2ccccc2[nH]1)NCCCOCC1CCCO1. The first-order chi connectivity index (χ1) is 12.8. The van der Waals surface area contributed by atoms with Gasteiger partial charge in [0.2, 0.25) is 0 Å². The molecule has 1 aliphatic heterocycles. The quantitative estimate of drug-likeness (QED) is 0.366. The number of nitrogens with one attached hydrogen (secondary N) is 3. The molecule has 0 saturated carbocycles. The molecule has 26 heavy (non-hydrogen) atoms. The predicted octanol–water partition coefficient (Wildman–Crippen LogP) is 2.81. The van der Waals surface area contributed by atoms with Gasteiger partial charge in [-0.3, -0.25) is 0 Å². The number of ether oxygens (including phenoxy) is 2. The molecule has 1 aromatic carbocycles. The fraction of sp³-hybridized carbons (Fsp3) is 0.550. The van der Waals surface area contributed by atoms with Crippen LogP contribution in [0, 0.1) is 0 Å². The predicted molar refractivity (Wildman–Crippen MR) is 106 cm³/mol. The van der Waals surface area contributed by atoms with E-state index in [9.17, 15) is 0 Å². The van der Waals surface area contributed by atoms with Crippen molar-refractivity contribution in [3.63, 3.8) is 0 Å². The number of rotatable bonds is 9. The molecule has 0 aliphatic carbocycles. The number of para-hydroxylation sites is 1. The molecular formula is C20H30N4O2. The third-order valence-corrected chi connectivity index (χ3v) is 4.42. The summed E-state index contributed by atoms with van der Waals surface area (Å²) in [6.45, 7) is 6.72. The molecule has 6 heteroatoms. The van der Waals surface area contributed by atoms with Crippen molar-refractivity contribution in [3.8, 4) is 0 Å². The monoisotopic (exact) mass is 358 g/mol. The van der Waals surface area contributed by atoms with Gasteiger partial charge in [0.15, 0.2) is 5.96 Å². The van der Waals surface area contributed by atoms with Crippen molar-refractivity contribution in [2.45, 2.75) is 38.8 Å². The van der Waals surface area contributed by atoms with E-state index in [4.69, 9.17) is 9.47 Å². The van der Waals surface area contributed by atoms with Crippen LogP contribution >= 0.6 is 0 Å². The van der Waals surface area contributed by atoms with Gasteiger partial charge in [-0.2, -0.15) is 0 Å². The van der Waals surface area contributed by atoms with Crippen LogP contribution in [0.15, 0.2) is 35.3 Å². The zero-order valence-corrected chi connectivity index (χ0v) is 15.6. The first kappa shape index (κ1) is 18.7. The summed E-state index contributed by atoms with van der Waals surface area (Å²) in [5, 5.41) is 7.87. The molecule has 6 nitrogen and oxygen atoms in total. The number of hydrogen-bond acceptors (Lipinski definition) is 3. The normalized spacial score (nSPS) is 17.7. The van der Waals surface area contributed by atoms with E-state index in [2.05, 4.69) is 51.8 Å². The minimum absolute atomic E-state index is 0.304. The smallest absolute Gasteiger partial charge is 0.191 e. The van der Waals surface area contributed by atoms with E-state index < -0.39 is 0 Å². The van der Waals surface area contributed by atoms with E-state index in [0.29, 0.717) is 19.3 Å². The molecule has 1 unspecified atom stereocenters. The first-order valence-electron chi connectivity index (χ1n) is 9.63. The summed E-state index contributed by atoms with van der Waals surface area (Å²) in [5.41, 5.74) is 2.27. The summed E-state index contributed by atoms with van der Waals surface area (Å²) in [6, 6.07) is 10.4. The second-order valence-corrected chi connectivity index (χ2v) is 6.57. The average Bonchev–Trinajstić information content (AvgIpc) is 3.31. The Morgan fingerprint density at radius 1 is 1.35 bits per heavy atom. The Kier molecular flexibility index (Phi) is 7.34. The Labute approximate surface area is 155 Å². The van der Waals surface area contributed by atoms with Gasteiger partial charge in [0.25, 0.3) is 0 Å². The third kappa shape index (κ3) is 5.75. The Hall–Kier alpha value is -2.05. The van der Waals surface area contributed by atoms with Gasteiger partial charge in [-0.25, -0.2) is 4.99 Å². The van der Waals surface area contributed by atoms with Gasteiger partial charge in [-0.1, -0.05) is 18.2 Å². The maximum Gasteiger partial charge on any atom is 0.191 e. The van der Waals surface area contributed by atoms with E-state index in [0.717, 1.165) is 62.7 Å². The van der Waals surface area contributed by atoms with Crippen LogP contribution in [0.1, 0.15) is 31.9 Å². The highest BCUT2D eigenvalue weighted by Crippen LogP contribution is 2.15. The summed E-state index contributed by atoms with van der Waals surface area (Å²) in [5.74, 6) is 0.838. The van der Waals surface area contributed by atoms with Crippen molar-refractivity contribution in [2.24, 2.45) is 4.99 Å². The molecular weight excluding hydrogens is 328 g/mol. The van der Waals surface area contributed by atoms with Crippen LogP contribution in [0.3, 0.4) is 0 Å². The van der Waals surface area contributed by atoms with Crippen molar-refractivity contribution in [2.75, 3.05) is 32.9 Å². The fourth-order valence-corrected chi connectivity index (χ4v) is 3.10. The minimum atomic E-state index is 0.304. The van der Waals surface area contributed by atoms with Crippen molar-refractivity contribution in [3.05, 3.63) is 36.0 Å². The highest BCUT2D eigenvalue weighted by molar-refractivity contribution is 5.81. The lowest BCUT2D eigenvalue weighted by Crippen LogP contribution is -2.38. The minimum Gasteiger partial charge on any atom is -0.379 e. The lowest BCUT2D eigenvalue weighted by atomic mass is 10.2. The largest absolute Gasteiger partial charge is 0.379 e. The van der Waals surface area contributed by atoms with Gasteiger partial charge >= 0.3 is 0 Å². The number of fused-ring (bicyclic) bond motifs is 1. The Morgan fingerprint density at radius 2 is 2.27 bits per heavy atom. The molecule has 142 valence electrons. The van der Waals surface area contributed by atoms with E-state index >= 15 is 0 Å². The molecule has 1 aromatic heterocycles. The molecule has 1 saturated heterocycles. The summed E-state index contributed by atoms with van der Waals surface area (Å²) in [7, 11) is 0. The molecule has 3 N–H and O–H groups in total. The number of aromatic amines is 1. The van der Waals surface area contributed by atoms with Crippen LogP contribution < -0.4 is 10.6 Å². The lowest BCUT2D eigenvalue weighted by Gasteiger charge is -2.12. The summed E-state index contributed by atoms with van der Waals surface area (Å²) in [6.07, 6.45) is 3.54. The number of benzene rings is 1. The molecule has 2 aromatic rings. The van der Waals surface area contributed by atoms with Crippen LogP contribution in [0.2, 0.25) is 0 Å². The summed E-state index contributed by atoms with van der Waals surface area (Å²) in [4.78, 5) is 8.07. The number of guanidine groups is 1. The number of aliphatic imine (C=N–C) groups is 1. The zero-order valence-electron chi connectivity index (χ0n) is 15.6. The van der Waals surface area contributed by atoms with Gasteiger partial charge in [-0.05, 0) is 43.7 Å². The van der Waals surface area contributed by atoms with Crippen molar-refractivity contribution >= 4 is 16.9 Å². The average molecular weight is 358 g/mol. The Bertz CT molecular complexity index is 659. The Morgan fingerprint density at radius 3 is 3.08 bits per heavy atom. The van der Waals surface area contributed by atoms with Crippen LogP contribution in [-0.2, 0) is 16.0 Å². The van der Waals surface area contributed by atoms with Crippen molar-refractivity contribution in [1.82, 2.24) is 15.6 Å². The molecule has 0 bridgehead atoms. The van der Waals surface area contributed by atoms with Gasteiger partial charge in [-0.15, -0.1) is 0 Å². The number of aromatic nitrogens is 1. The second kappa shape index (κ2) is 10.2. The topological polar surface area (TPSA) is 70.7 Å². The lowest BCUT2D eigenvalue weighted by molar-refractivity contribution is 0.0168. The van der Waals surface area contributed by atoms with Crippen molar-refractivity contribution < 1.29 is 9.47 Å². The summed E-state index contributed by atoms with van der Waals surface area (Å²) >= 11 is 0. The fourth-order valence-electron chi connectivity index (χ4n) is 3.10. The van der Waals surface area contributed by atoms with Crippen LogP contribution in [0.5, 0.6) is 0 Å². The maximum atomic E-state index is 5.69. The summed E-state index contributed by atoms with van der Waals surface area (Å²) < 4.78 is 11.2. The molecule has 2 heterocycles. The third-order valence-electron chi connectivity index (χ3n) is 4.42. The zero-order chi connectivity index (χ0) is 18.0. The van der Waals surface area contributed by atoms with Crippen LogP contribution in [-0.4, -0.2) is 50.0 Å².